The highest BCUT2D eigenvalue weighted by atomic mass is 32.1. The molecule has 0 saturated carbocycles. The number of hydrogen-bond acceptors (Lipinski definition) is 4. The Morgan fingerprint density at radius 2 is 2.44 bits per heavy atom. The average molecular weight is 239 g/mol. The third-order valence-corrected chi connectivity index (χ3v) is 4.28. The third kappa shape index (κ3) is 2.81. The molecule has 0 bridgehead atoms. The fourth-order valence-electron chi connectivity index (χ4n) is 2.45. The molecular weight excluding hydrogens is 218 g/mol. The lowest BCUT2D eigenvalue weighted by Gasteiger charge is -2.34. The Balaban J connectivity index is 1.96. The molecule has 3 nitrogen and oxygen atoms in total. The molecule has 1 aliphatic rings. The molecule has 0 spiro atoms. The van der Waals surface area contributed by atoms with E-state index in [9.17, 15) is 0 Å². The molecule has 0 aliphatic carbocycles. The summed E-state index contributed by atoms with van der Waals surface area (Å²) in [5, 5.41) is 3.21. The average Bonchev–Trinajstić information content (AvgIpc) is 2.77. The molecule has 1 aromatic heterocycles. The minimum atomic E-state index is 0.571. The van der Waals surface area contributed by atoms with Crippen LogP contribution in [0.1, 0.15) is 43.3 Å². The van der Waals surface area contributed by atoms with Crippen LogP contribution in [0.5, 0.6) is 0 Å². The standard InChI is InChI=1S/C12H21N3S/c1-2-11-5-3-4-6-15(11)8-10-9-16-12(7-13)14-10/h9,11H,2-8,13H2,1H3. The SMILES string of the molecule is CCC1CCCCN1Cc1csc(CN)n1. The second-order valence-corrected chi connectivity index (χ2v) is 5.41. The number of nitrogens with two attached hydrogens (primary N) is 1. The van der Waals surface area contributed by atoms with Gasteiger partial charge in [-0.05, 0) is 25.8 Å². The maximum atomic E-state index is 5.58. The Labute approximate surface area is 102 Å². The molecule has 0 aromatic carbocycles. The highest BCUT2D eigenvalue weighted by Gasteiger charge is 2.21. The monoisotopic (exact) mass is 239 g/mol. The van der Waals surface area contributed by atoms with Crippen LogP contribution in [0.2, 0.25) is 0 Å². The van der Waals surface area contributed by atoms with Crippen molar-refractivity contribution in [2.24, 2.45) is 5.73 Å². The van der Waals surface area contributed by atoms with Crippen molar-refractivity contribution >= 4 is 11.3 Å². The van der Waals surface area contributed by atoms with E-state index in [1.807, 2.05) is 0 Å². The molecular formula is C12H21N3S. The number of aromatic nitrogens is 1. The van der Waals surface area contributed by atoms with Gasteiger partial charge in [0.15, 0.2) is 0 Å². The van der Waals surface area contributed by atoms with E-state index in [0.29, 0.717) is 6.54 Å². The van der Waals surface area contributed by atoms with E-state index in [1.54, 1.807) is 11.3 Å². The van der Waals surface area contributed by atoms with Crippen LogP contribution in [0, 0.1) is 0 Å². The van der Waals surface area contributed by atoms with Crippen LogP contribution in [0.15, 0.2) is 5.38 Å². The zero-order chi connectivity index (χ0) is 11.4. The molecule has 2 heterocycles. The van der Waals surface area contributed by atoms with Gasteiger partial charge in [-0.2, -0.15) is 0 Å². The van der Waals surface area contributed by atoms with Gasteiger partial charge in [-0.15, -0.1) is 11.3 Å². The maximum absolute atomic E-state index is 5.58. The summed E-state index contributed by atoms with van der Waals surface area (Å²) in [5.74, 6) is 0. The van der Waals surface area contributed by atoms with Gasteiger partial charge in [0, 0.05) is 24.5 Å². The molecule has 1 unspecified atom stereocenters. The van der Waals surface area contributed by atoms with E-state index >= 15 is 0 Å². The van der Waals surface area contributed by atoms with Crippen molar-refractivity contribution in [3.63, 3.8) is 0 Å². The first-order valence-corrected chi connectivity index (χ1v) is 7.08. The summed E-state index contributed by atoms with van der Waals surface area (Å²) in [7, 11) is 0. The van der Waals surface area contributed by atoms with E-state index in [0.717, 1.165) is 17.6 Å². The number of nitrogens with zero attached hydrogens (tertiary/aromatic N) is 2. The van der Waals surface area contributed by atoms with Crippen molar-refractivity contribution in [3.05, 3.63) is 16.1 Å². The number of piperidine rings is 1. The summed E-state index contributed by atoms with van der Waals surface area (Å²) in [6.45, 7) is 5.10. The molecule has 90 valence electrons. The topological polar surface area (TPSA) is 42.1 Å². The fourth-order valence-corrected chi connectivity index (χ4v) is 3.12. The van der Waals surface area contributed by atoms with Crippen molar-refractivity contribution in [1.82, 2.24) is 9.88 Å². The summed E-state index contributed by atoms with van der Waals surface area (Å²) in [6.07, 6.45) is 5.34. The van der Waals surface area contributed by atoms with Crippen LogP contribution in [0.3, 0.4) is 0 Å². The number of likely N-dealkylation sites (tertiary alicyclic amines) is 1. The Bertz CT molecular complexity index is 324. The molecule has 4 heteroatoms. The van der Waals surface area contributed by atoms with E-state index in [4.69, 9.17) is 5.73 Å². The Morgan fingerprint density at radius 1 is 1.56 bits per heavy atom. The quantitative estimate of drug-likeness (QED) is 0.877. The lowest BCUT2D eigenvalue weighted by molar-refractivity contribution is 0.134. The predicted molar refractivity (Wildman–Crippen MR) is 68.3 cm³/mol. The van der Waals surface area contributed by atoms with Crippen molar-refractivity contribution in [2.75, 3.05) is 6.54 Å². The maximum Gasteiger partial charge on any atom is 0.106 e. The van der Waals surface area contributed by atoms with E-state index in [1.165, 1.54) is 37.9 Å². The molecule has 0 radical (unpaired) electrons. The number of thiazole rings is 1. The summed E-state index contributed by atoms with van der Waals surface area (Å²) in [6, 6.07) is 0.761. The van der Waals surface area contributed by atoms with Crippen molar-refractivity contribution in [2.45, 2.75) is 51.7 Å². The summed E-state index contributed by atoms with van der Waals surface area (Å²) in [5.41, 5.74) is 6.78. The van der Waals surface area contributed by atoms with Crippen LogP contribution < -0.4 is 5.73 Å². The Kier molecular flexibility index (Phi) is 4.32. The molecule has 2 N–H and O–H groups in total. The van der Waals surface area contributed by atoms with Gasteiger partial charge in [0.05, 0.1) is 5.69 Å². The Hall–Kier alpha value is -0.450. The molecule has 1 aliphatic heterocycles. The van der Waals surface area contributed by atoms with Gasteiger partial charge < -0.3 is 5.73 Å². The first-order chi connectivity index (χ1) is 7.83. The van der Waals surface area contributed by atoms with Crippen molar-refractivity contribution in [3.8, 4) is 0 Å². The van der Waals surface area contributed by atoms with Crippen LogP contribution in [-0.4, -0.2) is 22.5 Å². The highest BCUT2D eigenvalue weighted by Crippen LogP contribution is 2.22. The Morgan fingerprint density at radius 3 is 3.12 bits per heavy atom. The molecule has 0 amide bonds. The van der Waals surface area contributed by atoms with Crippen LogP contribution in [-0.2, 0) is 13.1 Å². The summed E-state index contributed by atoms with van der Waals surface area (Å²) < 4.78 is 0. The predicted octanol–water partition coefficient (Wildman–Crippen LogP) is 2.37. The number of rotatable bonds is 4. The third-order valence-electron chi connectivity index (χ3n) is 3.36. The first kappa shape index (κ1) is 12.0. The van der Waals surface area contributed by atoms with E-state index in [2.05, 4.69) is 22.2 Å². The van der Waals surface area contributed by atoms with Gasteiger partial charge in [0.1, 0.15) is 5.01 Å². The minimum Gasteiger partial charge on any atom is -0.325 e. The smallest absolute Gasteiger partial charge is 0.106 e. The van der Waals surface area contributed by atoms with Gasteiger partial charge in [-0.3, -0.25) is 4.90 Å². The summed E-state index contributed by atoms with van der Waals surface area (Å²) >= 11 is 1.68. The van der Waals surface area contributed by atoms with E-state index < -0.39 is 0 Å². The van der Waals surface area contributed by atoms with E-state index in [-0.39, 0.29) is 0 Å². The largest absolute Gasteiger partial charge is 0.325 e. The molecule has 16 heavy (non-hydrogen) atoms. The highest BCUT2D eigenvalue weighted by molar-refractivity contribution is 7.09. The molecule has 1 saturated heterocycles. The van der Waals surface area contributed by atoms with Gasteiger partial charge in [-0.1, -0.05) is 13.3 Å². The van der Waals surface area contributed by atoms with Gasteiger partial charge in [0.2, 0.25) is 0 Å². The molecule has 1 fully saturated rings. The lowest BCUT2D eigenvalue weighted by Crippen LogP contribution is -2.38. The summed E-state index contributed by atoms with van der Waals surface area (Å²) in [4.78, 5) is 7.13. The van der Waals surface area contributed by atoms with Crippen LogP contribution in [0.25, 0.3) is 0 Å². The fraction of sp³-hybridized carbons (Fsp3) is 0.750. The zero-order valence-electron chi connectivity index (χ0n) is 9.98. The first-order valence-electron chi connectivity index (χ1n) is 6.21. The second-order valence-electron chi connectivity index (χ2n) is 4.47. The van der Waals surface area contributed by atoms with Gasteiger partial charge in [0.25, 0.3) is 0 Å². The normalized spacial score (nSPS) is 22.5. The zero-order valence-corrected chi connectivity index (χ0v) is 10.8. The van der Waals surface area contributed by atoms with Crippen LogP contribution >= 0.6 is 11.3 Å². The van der Waals surface area contributed by atoms with Gasteiger partial charge >= 0.3 is 0 Å². The van der Waals surface area contributed by atoms with Crippen LogP contribution in [0.4, 0.5) is 0 Å². The molecule has 2 rings (SSSR count). The molecule has 1 aromatic rings. The molecule has 1 atom stereocenters. The lowest BCUT2D eigenvalue weighted by atomic mass is 10.00. The second kappa shape index (κ2) is 5.75. The van der Waals surface area contributed by atoms with Gasteiger partial charge in [-0.25, -0.2) is 4.98 Å². The van der Waals surface area contributed by atoms with Crippen molar-refractivity contribution < 1.29 is 0 Å². The number of hydrogen-bond donors (Lipinski definition) is 1. The van der Waals surface area contributed by atoms with Crippen molar-refractivity contribution in [1.29, 1.82) is 0 Å². The minimum absolute atomic E-state index is 0.571.